The lowest BCUT2D eigenvalue weighted by Gasteiger charge is -2.11. The first kappa shape index (κ1) is 16.4. The van der Waals surface area contributed by atoms with Crippen molar-refractivity contribution in [1.82, 2.24) is 5.48 Å². The normalized spacial score (nSPS) is 10.0. The number of benzene rings is 3. The molecule has 0 saturated carbocycles. The second-order valence-electron chi connectivity index (χ2n) is 5.41. The van der Waals surface area contributed by atoms with E-state index in [-0.39, 0.29) is 12.5 Å². The van der Waals surface area contributed by atoms with E-state index in [2.05, 4.69) is 11.5 Å². The highest BCUT2D eigenvalue weighted by molar-refractivity contribution is 6.00. The van der Waals surface area contributed by atoms with Gasteiger partial charge < -0.3 is 0 Å². The van der Waals surface area contributed by atoms with Crippen molar-refractivity contribution in [3.05, 3.63) is 95.6 Å². The molecule has 122 valence electrons. The molecule has 0 unspecified atom stereocenters. The molecule has 1 N–H and O–H groups in total. The maximum atomic E-state index is 12.5. The molecule has 0 spiro atoms. The van der Waals surface area contributed by atoms with Gasteiger partial charge in [-0.05, 0) is 23.3 Å². The van der Waals surface area contributed by atoms with Crippen molar-refractivity contribution in [2.24, 2.45) is 0 Å². The summed E-state index contributed by atoms with van der Waals surface area (Å²) in [4.78, 5) is 17.8. The second-order valence-corrected chi connectivity index (χ2v) is 5.41. The molecule has 0 fully saturated rings. The number of carbonyl (C=O) groups excluding carboxylic acids is 1. The molecular formula is C21H16N2O2. The van der Waals surface area contributed by atoms with Crippen LogP contribution in [0.25, 0.3) is 11.1 Å². The number of hydrogen-bond donors (Lipinski definition) is 1. The first-order valence-corrected chi connectivity index (χ1v) is 7.84. The molecule has 0 saturated heterocycles. The summed E-state index contributed by atoms with van der Waals surface area (Å²) < 4.78 is 0. The lowest BCUT2D eigenvalue weighted by molar-refractivity contribution is 0.0234. The zero-order chi connectivity index (χ0) is 17.5. The van der Waals surface area contributed by atoms with Crippen molar-refractivity contribution in [2.45, 2.75) is 6.61 Å². The number of nitrogens with zero attached hydrogens (tertiary/aromatic N) is 1. The van der Waals surface area contributed by atoms with E-state index in [1.807, 2.05) is 54.6 Å². The van der Waals surface area contributed by atoms with Gasteiger partial charge in [0.2, 0.25) is 0 Å². The quantitative estimate of drug-likeness (QED) is 0.718. The Labute approximate surface area is 146 Å². The molecule has 3 aromatic rings. The average Bonchev–Trinajstić information content (AvgIpc) is 2.68. The van der Waals surface area contributed by atoms with Crippen LogP contribution in [0.5, 0.6) is 0 Å². The SMILES string of the molecule is N#Cc1ccccc1-c1ccccc1C(=O)NOCc1ccccc1. The highest BCUT2D eigenvalue weighted by Gasteiger charge is 2.14. The fraction of sp³-hybridized carbons (Fsp3) is 0.0476. The van der Waals surface area contributed by atoms with Crippen molar-refractivity contribution >= 4 is 5.91 Å². The molecule has 3 aromatic carbocycles. The molecule has 0 aliphatic carbocycles. The molecule has 0 aliphatic heterocycles. The molecule has 0 aliphatic rings. The highest BCUT2D eigenvalue weighted by atomic mass is 16.6. The van der Waals surface area contributed by atoms with Crippen LogP contribution in [0, 0.1) is 11.3 Å². The lowest BCUT2D eigenvalue weighted by atomic mass is 9.95. The Balaban J connectivity index is 1.79. The fourth-order valence-electron chi connectivity index (χ4n) is 2.55. The summed E-state index contributed by atoms with van der Waals surface area (Å²) in [6.07, 6.45) is 0. The van der Waals surface area contributed by atoms with Gasteiger partial charge in [0, 0.05) is 11.1 Å². The Morgan fingerprint density at radius 3 is 2.28 bits per heavy atom. The van der Waals surface area contributed by atoms with Crippen molar-refractivity contribution < 1.29 is 9.63 Å². The Kier molecular flexibility index (Phi) is 5.20. The molecule has 0 heterocycles. The maximum absolute atomic E-state index is 12.5. The summed E-state index contributed by atoms with van der Waals surface area (Å²) in [6, 6.07) is 26.1. The Morgan fingerprint density at radius 1 is 0.880 bits per heavy atom. The van der Waals surface area contributed by atoms with Crippen LogP contribution < -0.4 is 5.48 Å². The zero-order valence-electron chi connectivity index (χ0n) is 13.5. The average molecular weight is 328 g/mol. The van der Waals surface area contributed by atoms with Gasteiger partial charge in [0.25, 0.3) is 5.91 Å². The molecule has 1 amide bonds. The minimum atomic E-state index is -0.348. The van der Waals surface area contributed by atoms with E-state index in [0.717, 1.165) is 11.1 Å². The van der Waals surface area contributed by atoms with E-state index in [4.69, 9.17) is 4.84 Å². The summed E-state index contributed by atoms with van der Waals surface area (Å²) in [5.74, 6) is -0.348. The van der Waals surface area contributed by atoms with E-state index in [9.17, 15) is 10.1 Å². The van der Waals surface area contributed by atoms with Crippen molar-refractivity contribution in [1.29, 1.82) is 5.26 Å². The minimum absolute atomic E-state index is 0.281. The predicted molar refractivity (Wildman–Crippen MR) is 95.3 cm³/mol. The smallest absolute Gasteiger partial charge is 0.269 e. The molecule has 0 aromatic heterocycles. The summed E-state index contributed by atoms with van der Waals surface area (Å²) in [6.45, 7) is 0.281. The number of amides is 1. The van der Waals surface area contributed by atoms with Gasteiger partial charge in [-0.1, -0.05) is 66.7 Å². The third-order valence-electron chi connectivity index (χ3n) is 3.76. The summed E-state index contributed by atoms with van der Waals surface area (Å²) in [5, 5.41) is 9.30. The molecule has 0 radical (unpaired) electrons. The molecule has 4 heteroatoms. The van der Waals surface area contributed by atoms with E-state index < -0.39 is 0 Å². The fourth-order valence-corrected chi connectivity index (χ4v) is 2.55. The van der Waals surface area contributed by atoms with Gasteiger partial charge in [0.15, 0.2) is 0 Å². The molecule has 25 heavy (non-hydrogen) atoms. The van der Waals surface area contributed by atoms with E-state index in [1.54, 1.807) is 24.3 Å². The molecular weight excluding hydrogens is 312 g/mol. The number of nitrogens with one attached hydrogen (secondary N) is 1. The first-order chi connectivity index (χ1) is 12.3. The van der Waals surface area contributed by atoms with Gasteiger partial charge in [0.1, 0.15) is 0 Å². The van der Waals surface area contributed by atoms with Gasteiger partial charge in [-0.15, -0.1) is 0 Å². The predicted octanol–water partition coefficient (Wildman–Crippen LogP) is 4.09. The van der Waals surface area contributed by atoms with E-state index in [0.29, 0.717) is 16.7 Å². The third-order valence-corrected chi connectivity index (χ3v) is 3.76. The van der Waals surface area contributed by atoms with Crippen LogP contribution in [0.2, 0.25) is 0 Å². The van der Waals surface area contributed by atoms with Gasteiger partial charge >= 0.3 is 0 Å². The molecule has 3 rings (SSSR count). The lowest BCUT2D eigenvalue weighted by Crippen LogP contribution is -2.24. The monoisotopic (exact) mass is 328 g/mol. The Bertz CT molecular complexity index is 914. The van der Waals surface area contributed by atoms with Gasteiger partial charge in [-0.2, -0.15) is 5.26 Å². The third kappa shape index (κ3) is 3.92. The minimum Gasteiger partial charge on any atom is -0.269 e. The van der Waals surface area contributed by atoms with Crippen LogP contribution in [0.4, 0.5) is 0 Å². The van der Waals surface area contributed by atoms with Crippen molar-refractivity contribution in [2.75, 3.05) is 0 Å². The van der Waals surface area contributed by atoms with Crippen LogP contribution in [-0.2, 0) is 11.4 Å². The van der Waals surface area contributed by atoms with Crippen LogP contribution in [0.1, 0.15) is 21.5 Å². The van der Waals surface area contributed by atoms with Gasteiger partial charge in [-0.25, -0.2) is 5.48 Å². The second kappa shape index (κ2) is 7.91. The topological polar surface area (TPSA) is 62.1 Å². The van der Waals surface area contributed by atoms with Crippen LogP contribution >= 0.6 is 0 Å². The standard InChI is InChI=1S/C21H16N2O2/c22-14-17-10-4-5-11-18(17)19-12-6-7-13-20(19)21(24)23-25-15-16-8-2-1-3-9-16/h1-13H,15H2,(H,23,24). The number of nitriles is 1. The van der Waals surface area contributed by atoms with Crippen molar-refractivity contribution in [3.8, 4) is 17.2 Å². The van der Waals surface area contributed by atoms with Gasteiger partial charge in [0.05, 0.1) is 18.2 Å². The largest absolute Gasteiger partial charge is 0.275 e. The van der Waals surface area contributed by atoms with Crippen LogP contribution in [0.3, 0.4) is 0 Å². The number of hydroxylamine groups is 1. The zero-order valence-corrected chi connectivity index (χ0v) is 13.5. The first-order valence-electron chi connectivity index (χ1n) is 7.84. The highest BCUT2D eigenvalue weighted by Crippen LogP contribution is 2.26. The maximum Gasteiger partial charge on any atom is 0.275 e. The summed E-state index contributed by atoms with van der Waals surface area (Å²) >= 11 is 0. The van der Waals surface area contributed by atoms with Crippen LogP contribution in [-0.4, -0.2) is 5.91 Å². The van der Waals surface area contributed by atoms with Crippen molar-refractivity contribution in [3.63, 3.8) is 0 Å². The number of rotatable bonds is 5. The molecule has 4 nitrogen and oxygen atoms in total. The van der Waals surface area contributed by atoms with E-state index in [1.165, 1.54) is 0 Å². The van der Waals surface area contributed by atoms with E-state index >= 15 is 0 Å². The Morgan fingerprint density at radius 2 is 1.52 bits per heavy atom. The van der Waals surface area contributed by atoms with Crippen LogP contribution in [0.15, 0.2) is 78.9 Å². The molecule has 0 bridgehead atoms. The van der Waals surface area contributed by atoms with Gasteiger partial charge in [-0.3, -0.25) is 9.63 Å². The molecule has 0 atom stereocenters. The number of carbonyl (C=O) groups is 1. The number of hydrogen-bond acceptors (Lipinski definition) is 3. The Hall–Kier alpha value is -3.42. The summed E-state index contributed by atoms with van der Waals surface area (Å²) in [5.41, 5.74) is 5.83. The summed E-state index contributed by atoms with van der Waals surface area (Å²) in [7, 11) is 0.